The standard InChI is InChI=1S/C19H18FN3O3S/c1-3-25-15-8-5-13(6-9-15)18-22-23-19(26-18)27-11-17(24)21-16-10-14(20)7-4-12(16)2/h4-10H,3,11H2,1-2H3,(H,21,24). The summed E-state index contributed by atoms with van der Waals surface area (Å²) in [5, 5.41) is 10.9. The van der Waals surface area contributed by atoms with Crippen LogP contribution in [0.15, 0.2) is 52.1 Å². The quantitative estimate of drug-likeness (QED) is 0.609. The van der Waals surface area contributed by atoms with Gasteiger partial charge in [0, 0.05) is 11.3 Å². The number of ether oxygens (including phenoxy) is 1. The molecule has 8 heteroatoms. The summed E-state index contributed by atoms with van der Waals surface area (Å²) in [7, 11) is 0. The average Bonchev–Trinajstić information content (AvgIpc) is 3.13. The Morgan fingerprint density at radius 2 is 2.00 bits per heavy atom. The summed E-state index contributed by atoms with van der Waals surface area (Å²) in [5.41, 5.74) is 1.99. The van der Waals surface area contributed by atoms with Crippen LogP contribution in [0, 0.1) is 12.7 Å². The molecular formula is C19H18FN3O3S. The van der Waals surface area contributed by atoms with Crippen molar-refractivity contribution in [3.05, 3.63) is 53.8 Å². The first-order valence-corrected chi connectivity index (χ1v) is 9.29. The zero-order valence-corrected chi connectivity index (χ0v) is 15.7. The summed E-state index contributed by atoms with van der Waals surface area (Å²) in [4.78, 5) is 12.1. The Labute approximate surface area is 160 Å². The van der Waals surface area contributed by atoms with Gasteiger partial charge in [-0.3, -0.25) is 4.79 Å². The van der Waals surface area contributed by atoms with E-state index in [9.17, 15) is 9.18 Å². The van der Waals surface area contributed by atoms with Gasteiger partial charge in [-0.25, -0.2) is 4.39 Å². The fourth-order valence-corrected chi connectivity index (χ4v) is 2.85. The number of halogens is 1. The number of hydrogen-bond donors (Lipinski definition) is 1. The normalized spacial score (nSPS) is 10.6. The molecule has 1 aromatic heterocycles. The molecule has 0 atom stereocenters. The smallest absolute Gasteiger partial charge is 0.277 e. The van der Waals surface area contributed by atoms with Gasteiger partial charge in [0.1, 0.15) is 11.6 Å². The predicted molar refractivity (Wildman–Crippen MR) is 101 cm³/mol. The van der Waals surface area contributed by atoms with E-state index < -0.39 is 5.82 Å². The molecule has 0 saturated heterocycles. The van der Waals surface area contributed by atoms with Crippen LogP contribution in [0.1, 0.15) is 12.5 Å². The Balaban J connectivity index is 1.57. The summed E-state index contributed by atoms with van der Waals surface area (Å²) in [6.45, 7) is 4.31. The van der Waals surface area contributed by atoms with Crippen molar-refractivity contribution in [1.82, 2.24) is 10.2 Å². The van der Waals surface area contributed by atoms with E-state index in [0.29, 0.717) is 18.2 Å². The van der Waals surface area contributed by atoms with Gasteiger partial charge in [-0.05, 0) is 55.8 Å². The molecule has 1 amide bonds. The molecular weight excluding hydrogens is 369 g/mol. The molecule has 0 bridgehead atoms. The van der Waals surface area contributed by atoms with Crippen LogP contribution in [0.25, 0.3) is 11.5 Å². The number of amides is 1. The fraction of sp³-hybridized carbons (Fsp3) is 0.211. The van der Waals surface area contributed by atoms with Crippen LogP contribution in [0.2, 0.25) is 0 Å². The maximum atomic E-state index is 13.3. The molecule has 0 saturated carbocycles. The minimum Gasteiger partial charge on any atom is -0.494 e. The Kier molecular flexibility index (Phi) is 6.08. The largest absolute Gasteiger partial charge is 0.494 e. The van der Waals surface area contributed by atoms with Gasteiger partial charge in [0.05, 0.1) is 12.4 Å². The minimum atomic E-state index is -0.402. The number of rotatable bonds is 7. The van der Waals surface area contributed by atoms with E-state index in [-0.39, 0.29) is 16.9 Å². The average molecular weight is 387 g/mol. The zero-order chi connectivity index (χ0) is 19.2. The minimum absolute atomic E-state index is 0.0703. The first kappa shape index (κ1) is 18.9. The molecule has 0 unspecified atom stereocenters. The molecule has 1 N–H and O–H groups in total. The molecule has 3 aromatic rings. The highest BCUT2D eigenvalue weighted by atomic mass is 32.2. The van der Waals surface area contributed by atoms with E-state index >= 15 is 0 Å². The third kappa shape index (κ3) is 5.07. The number of carbonyl (C=O) groups excluding carboxylic acids is 1. The predicted octanol–water partition coefficient (Wildman–Crippen LogP) is 4.31. The first-order valence-electron chi connectivity index (χ1n) is 8.30. The Morgan fingerprint density at radius 1 is 1.22 bits per heavy atom. The van der Waals surface area contributed by atoms with Gasteiger partial charge in [0.25, 0.3) is 5.22 Å². The molecule has 3 rings (SSSR count). The number of carbonyl (C=O) groups is 1. The molecule has 0 fully saturated rings. The molecule has 0 aliphatic rings. The highest BCUT2D eigenvalue weighted by Gasteiger charge is 2.12. The Bertz CT molecular complexity index is 928. The lowest BCUT2D eigenvalue weighted by Gasteiger charge is -2.07. The molecule has 140 valence electrons. The number of benzene rings is 2. The van der Waals surface area contributed by atoms with Gasteiger partial charge >= 0.3 is 0 Å². The van der Waals surface area contributed by atoms with Gasteiger partial charge in [-0.1, -0.05) is 17.8 Å². The lowest BCUT2D eigenvalue weighted by Crippen LogP contribution is -2.15. The van der Waals surface area contributed by atoms with Crippen molar-refractivity contribution in [2.45, 2.75) is 19.1 Å². The van der Waals surface area contributed by atoms with E-state index in [0.717, 1.165) is 28.6 Å². The van der Waals surface area contributed by atoms with E-state index in [4.69, 9.17) is 9.15 Å². The number of nitrogens with one attached hydrogen (secondary N) is 1. The van der Waals surface area contributed by atoms with Gasteiger partial charge in [-0.2, -0.15) is 0 Å². The van der Waals surface area contributed by atoms with Crippen molar-refractivity contribution >= 4 is 23.4 Å². The SMILES string of the molecule is CCOc1ccc(-c2nnc(SCC(=O)Nc3cc(F)ccc3C)o2)cc1. The van der Waals surface area contributed by atoms with Crippen molar-refractivity contribution < 1.29 is 18.3 Å². The third-order valence-corrected chi connectivity index (χ3v) is 4.44. The van der Waals surface area contributed by atoms with E-state index in [1.165, 1.54) is 12.1 Å². The van der Waals surface area contributed by atoms with Crippen LogP contribution in [0.5, 0.6) is 5.75 Å². The zero-order valence-electron chi connectivity index (χ0n) is 14.9. The van der Waals surface area contributed by atoms with E-state index in [2.05, 4.69) is 15.5 Å². The van der Waals surface area contributed by atoms with Crippen LogP contribution >= 0.6 is 11.8 Å². The van der Waals surface area contributed by atoms with Crippen LogP contribution in [0.3, 0.4) is 0 Å². The Morgan fingerprint density at radius 3 is 2.74 bits per heavy atom. The van der Waals surface area contributed by atoms with Crippen LogP contribution in [-0.2, 0) is 4.79 Å². The van der Waals surface area contributed by atoms with Crippen LogP contribution < -0.4 is 10.1 Å². The summed E-state index contributed by atoms with van der Waals surface area (Å²) in [6, 6.07) is 11.5. The number of anilines is 1. The number of nitrogens with zero attached hydrogens (tertiary/aromatic N) is 2. The summed E-state index contributed by atoms with van der Waals surface area (Å²) in [6.07, 6.45) is 0. The van der Waals surface area contributed by atoms with Gasteiger partial charge in [0.15, 0.2) is 0 Å². The maximum Gasteiger partial charge on any atom is 0.277 e. The van der Waals surface area contributed by atoms with Crippen molar-refractivity contribution in [2.24, 2.45) is 0 Å². The van der Waals surface area contributed by atoms with Crippen molar-refractivity contribution in [2.75, 3.05) is 17.7 Å². The molecule has 6 nitrogen and oxygen atoms in total. The molecule has 0 radical (unpaired) electrons. The Hall–Kier alpha value is -2.87. The second-order valence-electron chi connectivity index (χ2n) is 5.63. The molecule has 0 aliphatic heterocycles. The van der Waals surface area contributed by atoms with E-state index in [1.807, 2.05) is 31.2 Å². The molecule has 0 spiro atoms. The molecule has 0 aliphatic carbocycles. The van der Waals surface area contributed by atoms with E-state index in [1.54, 1.807) is 13.0 Å². The first-order chi connectivity index (χ1) is 13.0. The topological polar surface area (TPSA) is 77.2 Å². The van der Waals surface area contributed by atoms with Crippen molar-refractivity contribution in [3.8, 4) is 17.2 Å². The van der Waals surface area contributed by atoms with Crippen molar-refractivity contribution in [3.63, 3.8) is 0 Å². The summed E-state index contributed by atoms with van der Waals surface area (Å²) >= 11 is 1.11. The van der Waals surface area contributed by atoms with Crippen LogP contribution in [0.4, 0.5) is 10.1 Å². The van der Waals surface area contributed by atoms with Gasteiger partial charge < -0.3 is 14.5 Å². The number of thioether (sulfide) groups is 1. The van der Waals surface area contributed by atoms with Gasteiger partial charge in [0.2, 0.25) is 11.8 Å². The van der Waals surface area contributed by atoms with Crippen LogP contribution in [-0.4, -0.2) is 28.5 Å². The highest BCUT2D eigenvalue weighted by molar-refractivity contribution is 7.99. The number of aromatic nitrogens is 2. The number of aryl methyl sites for hydroxylation is 1. The number of hydrogen-bond acceptors (Lipinski definition) is 6. The summed E-state index contributed by atoms with van der Waals surface area (Å²) in [5.74, 6) is 0.512. The maximum absolute atomic E-state index is 13.3. The lowest BCUT2D eigenvalue weighted by atomic mass is 10.2. The highest BCUT2D eigenvalue weighted by Crippen LogP contribution is 2.25. The summed E-state index contributed by atoms with van der Waals surface area (Å²) < 4.78 is 24.2. The molecule has 27 heavy (non-hydrogen) atoms. The second-order valence-corrected chi connectivity index (χ2v) is 6.55. The fourth-order valence-electron chi connectivity index (χ4n) is 2.29. The third-order valence-electron chi connectivity index (χ3n) is 3.62. The molecule has 1 heterocycles. The monoisotopic (exact) mass is 387 g/mol. The second kappa shape index (κ2) is 8.68. The van der Waals surface area contributed by atoms with Gasteiger partial charge in [-0.15, -0.1) is 10.2 Å². The van der Waals surface area contributed by atoms with Crippen molar-refractivity contribution in [1.29, 1.82) is 0 Å². The lowest BCUT2D eigenvalue weighted by molar-refractivity contribution is -0.113. The molecule has 2 aromatic carbocycles.